The maximum absolute atomic E-state index is 13.8. The van der Waals surface area contributed by atoms with Crippen LogP contribution in [0, 0.1) is 0 Å². The number of nitrogens with zero attached hydrogens (tertiary/aromatic N) is 3. The van der Waals surface area contributed by atoms with E-state index in [4.69, 9.17) is 9.73 Å². The summed E-state index contributed by atoms with van der Waals surface area (Å²) in [5.41, 5.74) is 6.30. The quantitative estimate of drug-likeness (QED) is 0.298. The van der Waals surface area contributed by atoms with E-state index in [2.05, 4.69) is 5.43 Å². The molecule has 5 rings (SSSR count). The number of amides is 1. The standard InChI is InChI=1S/C28H25F3N4O2.HI/c1-37-18-23-17-34(22-14-12-21(13-15-22)28(29,30)31)27(36)26-24(16-32-35(23)26)33-25(19-8-4-2-5-9-19)20-10-6-3-7-11-20;/h2-15,23,32H,16-18H2,1H3;1H. The Hall–Kier alpha value is -3.22. The lowest BCUT2D eigenvalue weighted by Gasteiger charge is -2.40. The van der Waals surface area contributed by atoms with Crippen LogP contribution in [0.1, 0.15) is 16.7 Å². The highest BCUT2D eigenvalue weighted by molar-refractivity contribution is 14.0. The van der Waals surface area contributed by atoms with Gasteiger partial charge in [0.2, 0.25) is 0 Å². The van der Waals surface area contributed by atoms with Gasteiger partial charge in [-0.05, 0) is 24.3 Å². The molecular weight excluding hydrogens is 608 g/mol. The van der Waals surface area contributed by atoms with E-state index in [0.29, 0.717) is 30.2 Å². The number of carbonyl (C=O) groups is 1. The predicted octanol–water partition coefficient (Wildman–Crippen LogP) is 5.25. The molecule has 0 saturated carbocycles. The summed E-state index contributed by atoms with van der Waals surface area (Å²) >= 11 is 0. The largest absolute Gasteiger partial charge is 0.416 e. The first kappa shape index (κ1) is 27.8. The lowest BCUT2D eigenvalue weighted by molar-refractivity contribution is -0.137. The Bertz CT molecular complexity index is 1290. The Kier molecular flexibility index (Phi) is 8.54. The van der Waals surface area contributed by atoms with Gasteiger partial charge >= 0.3 is 6.18 Å². The average Bonchev–Trinajstić information content (AvgIpc) is 3.34. The molecule has 3 aromatic rings. The smallest absolute Gasteiger partial charge is 0.382 e. The van der Waals surface area contributed by atoms with Crippen LogP contribution in [-0.2, 0) is 15.7 Å². The number of hydrogen-bond acceptors (Lipinski definition) is 5. The number of ether oxygens (including phenoxy) is 1. The Morgan fingerprint density at radius 3 is 2.08 bits per heavy atom. The van der Waals surface area contributed by atoms with Gasteiger partial charge in [-0.25, -0.2) is 10.4 Å². The van der Waals surface area contributed by atoms with Gasteiger partial charge in [-0.1, -0.05) is 60.7 Å². The van der Waals surface area contributed by atoms with Crippen LogP contribution in [0.4, 0.5) is 18.9 Å². The number of rotatable bonds is 6. The summed E-state index contributed by atoms with van der Waals surface area (Å²) in [4.78, 5) is 20.2. The second-order valence-electron chi connectivity index (χ2n) is 8.76. The molecule has 0 aliphatic carbocycles. The van der Waals surface area contributed by atoms with E-state index in [-0.39, 0.29) is 42.5 Å². The SMILES string of the molecule is COCC1CN(c2ccc(C(F)(F)F)cc2)C(=O)C2=C(N=C(c3ccccc3)c3ccccc3)CNN21.I. The van der Waals surface area contributed by atoms with Crippen LogP contribution < -0.4 is 10.3 Å². The highest BCUT2D eigenvalue weighted by atomic mass is 127. The minimum absolute atomic E-state index is 0. The van der Waals surface area contributed by atoms with Crippen LogP contribution in [0.3, 0.4) is 0 Å². The second-order valence-corrected chi connectivity index (χ2v) is 8.76. The summed E-state index contributed by atoms with van der Waals surface area (Å²) in [6, 6.07) is 23.8. The maximum Gasteiger partial charge on any atom is 0.416 e. The highest BCUT2D eigenvalue weighted by Gasteiger charge is 2.42. The van der Waals surface area contributed by atoms with Gasteiger partial charge in [-0.2, -0.15) is 13.2 Å². The van der Waals surface area contributed by atoms with Gasteiger partial charge in [0.15, 0.2) is 0 Å². The number of benzene rings is 3. The molecule has 38 heavy (non-hydrogen) atoms. The summed E-state index contributed by atoms with van der Waals surface area (Å²) in [6.45, 7) is 0.878. The maximum atomic E-state index is 13.8. The molecule has 2 heterocycles. The molecule has 0 bridgehead atoms. The van der Waals surface area contributed by atoms with Crippen molar-refractivity contribution >= 4 is 41.3 Å². The Morgan fingerprint density at radius 2 is 1.55 bits per heavy atom. The number of carbonyl (C=O) groups excluding carboxylic acids is 1. The monoisotopic (exact) mass is 634 g/mol. The fourth-order valence-electron chi connectivity index (χ4n) is 4.59. The summed E-state index contributed by atoms with van der Waals surface area (Å²) in [6.07, 6.45) is -4.45. The van der Waals surface area contributed by atoms with Gasteiger partial charge in [-0.15, -0.1) is 24.0 Å². The van der Waals surface area contributed by atoms with Gasteiger partial charge in [0, 0.05) is 23.9 Å². The first-order chi connectivity index (χ1) is 17.9. The van der Waals surface area contributed by atoms with E-state index in [1.807, 2.05) is 60.7 Å². The molecule has 198 valence electrons. The predicted molar refractivity (Wildman–Crippen MR) is 150 cm³/mol. The molecule has 10 heteroatoms. The minimum Gasteiger partial charge on any atom is -0.382 e. The first-order valence-corrected chi connectivity index (χ1v) is 11.8. The molecule has 1 saturated heterocycles. The van der Waals surface area contributed by atoms with Gasteiger partial charge in [0.25, 0.3) is 5.91 Å². The fourth-order valence-corrected chi connectivity index (χ4v) is 4.59. The van der Waals surface area contributed by atoms with Crippen LogP contribution >= 0.6 is 24.0 Å². The summed E-state index contributed by atoms with van der Waals surface area (Å²) < 4.78 is 44.7. The molecule has 2 aliphatic heterocycles. The van der Waals surface area contributed by atoms with Gasteiger partial charge in [0.05, 0.1) is 42.7 Å². The Balaban J connectivity index is 0.00000336. The number of piperazine rings is 1. The lowest BCUT2D eigenvalue weighted by Crippen LogP contribution is -2.58. The average molecular weight is 634 g/mol. The van der Waals surface area contributed by atoms with E-state index < -0.39 is 11.7 Å². The van der Waals surface area contributed by atoms with Crippen LogP contribution in [0.2, 0.25) is 0 Å². The van der Waals surface area contributed by atoms with Gasteiger partial charge < -0.3 is 9.64 Å². The van der Waals surface area contributed by atoms with E-state index in [0.717, 1.165) is 29.0 Å². The molecule has 1 fully saturated rings. The molecule has 2 aliphatic rings. The van der Waals surface area contributed by atoms with Crippen molar-refractivity contribution in [2.75, 3.05) is 31.7 Å². The third-order valence-electron chi connectivity index (χ3n) is 6.34. The van der Waals surface area contributed by atoms with Gasteiger partial charge in [-0.3, -0.25) is 9.80 Å². The molecule has 3 aromatic carbocycles. The molecule has 0 radical (unpaired) electrons. The van der Waals surface area contributed by atoms with E-state index in [9.17, 15) is 18.0 Å². The zero-order valence-corrected chi connectivity index (χ0v) is 22.8. The number of hydrazine groups is 1. The number of anilines is 1. The van der Waals surface area contributed by atoms with Crippen molar-refractivity contribution in [1.29, 1.82) is 0 Å². The second kappa shape index (κ2) is 11.7. The van der Waals surface area contributed by atoms with Crippen LogP contribution in [0.15, 0.2) is 101 Å². The number of halogens is 4. The number of aliphatic imine (C=N–C) groups is 1. The number of fused-ring (bicyclic) bond motifs is 1. The Morgan fingerprint density at radius 1 is 0.974 bits per heavy atom. The van der Waals surface area contributed by atoms with Crippen molar-refractivity contribution < 1.29 is 22.7 Å². The summed E-state index contributed by atoms with van der Waals surface area (Å²) in [7, 11) is 1.57. The number of methoxy groups -OCH3 is 1. The van der Waals surface area contributed by atoms with E-state index in [1.54, 1.807) is 12.1 Å². The minimum atomic E-state index is -4.45. The number of alkyl halides is 3. The van der Waals surface area contributed by atoms with E-state index >= 15 is 0 Å². The summed E-state index contributed by atoms with van der Waals surface area (Å²) in [5, 5.41) is 1.78. The molecule has 1 atom stereocenters. The third kappa shape index (κ3) is 5.62. The zero-order valence-electron chi connectivity index (χ0n) is 20.5. The van der Waals surface area contributed by atoms with Gasteiger partial charge in [0.1, 0.15) is 5.70 Å². The topological polar surface area (TPSA) is 57.2 Å². The third-order valence-corrected chi connectivity index (χ3v) is 6.34. The number of hydrogen-bond donors (Lipinski definition) is 1. The normalized spacial score (nSPS) is 17.3. The molecular formula is C28H26F3IN4O2. The van der Waals surface area contributed by atoms with Crippen LogP contribution in [0.25, 0.3) is 0 Å². The Labute approximate surface area is 235 Å². The van der Waals surface area contributed by atoms with Crippen molar-refractivity contribution in [2.24, 2.45) is 4.99 Å². The lowest BCUT2D eigenvalue weighted by atomic mass is 10.0. The van der Waals surface area contributed by atoms with Crippen molar-refractivity contribution in [1.82, 2.24) is 10.4 Å². The molecule has 6 nitrogen and oxygen atoms in total. The molecule has 1 N–H and O–H groups in total. The van der Waals surface area contributed by atoms with Crippen LogP contribution in [0.5, 0.6) is 0 Å². The van der Waals surface area contributed by atoms with Crippen molar-refractivity contribution in [3.05, 3.63) is 113 Å². The number of nitrogens with one attached hydrogen (secondary N) is 1. The van der Waals surface area contributed by atoms with Crippen molar-refractivity contribution in [3.8, 4) is 0 Å². The zero-order chi connectivity index (χ0) is 26.0. The van der Waals surface area contributed by atoms with Crippen LogP contribution in [-0.4, -0.2) is 49.5 Å². The fraction of sp³-hybridized carbons (Fsp3) is 0.214. The highest BCUT2D eigenvalue weighted by Crippen LogP contribution is 2.34. The molecule has 1 unspecified atom stereocenters. The first-order valence-electron chi connectivity index (χ1n) is 11.8. The van der Waals surface area contributed by atoms with Crippen molar-refractivity contribution in [3.63, 3.8) is 0 Å². The van der Waals surface area contributed by atoms with E-state index in [1.165, 1.54) is 17.0 Å². The molecule has 1 amide bonds. The summed E-state index contributed by atoms with van der Waals surface area (Å²) in [5.74, 6) is -0.337. The van der Waals surface area contributed by atoms with Crippen molar-refractivity contribution in [2.45, 2.75) is 12.2 Å². The molecule has 0 aromatic heterocycles. The molecule has 0 spiro atoms.